The fourth-order valence-corrected chi connectivity index (χ4v) is 3.96. The van der Waals surface area contributed by atoms with E-state index in [1.54, 1.807) is 18.2 Å². The van der Waals surface area contributed by atoms with Gasteiger partial charge in [-0.05, 0) is 52.0 Å². The van der Waals surface area contributed by atoms with E-state index in [2.05, 4.69) is 0 Å². The molecule has 3 atom stereocenters. The Kier molecular flexibility index (Phi) is 5.51. The number of amides is 1. The molecule has 2 fully saturated rings. The number of carbonyl (C=O) groups excluding carboxylic acids is 1. The number of hydrogen-bond acceptors (Lipinski definition) is 3. The van der Waals surface area contributed by atoms with E-state index in [1.165, 1.54) is 6.07 Å². The Morgan fingerprint density at radius 2 is 1.81 bits per heavy atom. The van der Waals surface area contributed by atoms with Gasteiger partial charge in [-0.2, -0.15) is 0 Å². The largest absolute Gasteiger partial charge is 0.444 e. The third-order valence-corrected chi connectivity index (χ3v) is 5.06. The average molecular weight is 367 g/mol. The van der Waals surface area contributed by atoms with E-state index in [0.717, 1.165) is 25.7 Å². The molecule has 2 bridgehead atoms. The van der Waals surface area contributed by atoms with E-state index in [-0.39, 0.29) is 36.5 Å². The summed E-state index contributed by atoms with van der Waals surface area (Å²) in [6.45, 7) is 5.77. The van der Waals surface area contributed by atoms with Crippen molar-refractivity contribution < 1.29 is 23.0 Å². The number of carbonyl (C=O) groups is 1. The van der Waals surface area contributed by atoms with Crippen LogP contribution >= 0.6 is 0 Å². The highest BCUT2D eigenvalue weighted by molar-refractivity contribution is 5.69. The van der Waals surface area contributed by atoms with Crippen LogP contribution in [0.15, 0.2) is 24.3 Å². The molecule has 0 saturated carbocycles. The first kappa shape index (κ1) is 19.1. The maximum absolute atomic E-state index is 13.1. The molecule has 0 aromatic heterocycles. The zero-order chi connectivity index (χ0) is 18.9. The summed E-state index contributed by atoms with van der Waals surface area (Å²) >= 11 is 0. The van der Waals surface area contributed by atoms with Crippen LogP contribution < -0.4 is 0 Å². The Morgan fingerprint density at radius 1 is 1.19 bits per heavy atom. The molecule has 1 amide bonds. The van der Waals surface area contributed by atoms with Crippen LogP contribution in [0.2, 0.25) is 0 Å². The maximum Gasteiger partial charge on any atom is 0.410 e. The van der Waals surface area contributed by atoms with Crippen LogP contribution in [0.3, 0.4) is 0 Å². The lowest BCUT2D eigenvalue weighted by molar-refractivity contribution is -0.0402. The average Bonchev–Trinajstić information content (AvgIpc) is 2.82. The Balaban J connectivity index is 1.59. The number of fused-ring (bicyclic) bond motifs is 2. The molecule has 2 aliphatic rings. The van der Waals surface area contributed by atoms with Crippen LogP contribution in [0.4, 0.5) is 13.6 Å². The van der Waals surface area contributed by atoms with E-state index < -0.39 is 12.0 Å². The minimum absolute atomic E-state index is 0.0167. The fourth-order valence-electron chi connectivity index (χ4n) is 3.96. The summed E-state index contributed by atoms with van der Waals surface area (Å²) in [7, 11) is 0. The molecule has 3 rings (SSSR count). The van der Waals surface area contributed by atoms with Gasteiger partial charge in [-0.15, -0.1) is 0 Å². The predicted octanol–water partition coefficient (Wildman–Crippen LogP) is 5.07. The van der Waals surface area contributed by atoms with E-state index in [1.807, 2.05) is 25.7 Å². The number of hydrogen-bond donors (Lipinski definition) is 0. The molecule has 0 unspecified atom stereocenters. The number of halogens is 2. The second-order valence-corrected chi connectivity index (χ2v) is 8.18. The fraction of sp³-hybridized carbons (Fsp3) is 0.650. The quantitative estimate of drug-likeness (QED) is 0.746. The first-order valence-electron chi connectivity index (χ1n) is 9.23. The molecule has 0 radical (unpaired) electrons. The lowest BCUT2D eigenvalue weighted by atomic mass is 10.00. The predicted molar refractivity (Wildman–Crippen MR) is 94.1 cm³/mol. The zero-order valence-electron chi connectivity index (χ0n) is 15.6. The van der Waals surface area contributed by atoms with Gasteiger partial charge in [0.1, 0.15) is 5.60 Å². The van der Waals surface area contributed by atoms with Crippen LogP contribution in [0.1, 0.15) is 64.0 Å². The molecular weight excluding hydrogens is 340 g/mol. The molecule has 4 nitrogen and oxygen atoms in total. The summed E-state index contributed by atoms with van der Waals surface area (Å²) in [5.74, 6) is 0. The van der Waals surface area contributed by atoms with Gasteiger partial charge >= 0.3 is 6.09 Å². The van der Waals surface area contributed by atoms with E-state index in [0.29, 0.717) is 5.56 Å². The zero-order valence-corrected chi connectivity index (χ0v) is 15.6. The van der Waals surface area contributed by atoms with Crippen molar-refractivity contribution in [3.05, 3.63) is 35.4 Å². The topological polar surface area (TPSA) is 38.8 Å². The van der Waals surface area contributed by atoms with E-state index >= 15 is 0 Å². The Bertz CT molecular complexity index is 630. The number of ether oxygens (including phenoxy) is 2. The Hall–Kier alpha value is -1.69. The van der Waals surface area contributed by atoms with Crippen LogP contribution in [-0.4, -0.2) is 34.8 Å². The van der Waals surface area contributed by atoms with Crippen LogP contribution in [0.25, 0.3) is 0 Å². The molecule has 0 aliphatic carbocycles. The van der Waals surface area contributed by atoms with Gasteiger partial charge in [-0.25, -0.2) is 13.6 Å². The van der Waals surface area contributed by atoms with Crippen molar-refractivity contribution in [2.24, 2.45) is 0 Å². The van der Waals surface area contributed by atoms with Crippen molar-refractivity contribution in [2.75, 3.05) is 0 Å². The van der Waals surface area contributed by atoms with E-state index in [4.69, 9.17) is 9.47 Å². The van der Waals surface area contributed by atoms with Gasteiger partial charge in [-0.3, -0.25) is 0 Å². The number of nitrogens with zero attached hydrogens (tertiary/aromatic N) is 1. The molecule has 2 aliphatic heterocycles. The molecule has 6 heteroatoms. The smallest absolute Gasteiger partial charge is 0.410 e. The standard InChI is InChI=1S/C20H27F2NO3/c1-20(2,3)26-19(24)23-14-8-9-15(23)11-16(10-14)25-12-13-6-4-5-7-17(13)18(21)22/h4-7,14-16,18H,8-12H2,1-3H3/t14-,15+,16+. The Morgan fingerprint density at radius 3 is 2.38 bits per heavy atom. The third-order valence-electron chi connectivity index (χ3n) is 5.06. The molecule has 0 spiro atoms. The molecule has 2 saturated heterocycles. The lowest BCUT2D eigenvalue weighted by Crippen LogP contribution is -2.50. The number of rotatable bonds is 4. The highest BCUT2D eigenvalue weighted by Crippen LogP contribution is 2.38. The number of alkyl halides is 2. The maximum atomic E-state index is 13.1. The van der Waals surface area contributed by atoms with Crippen LogP contribution in [-0.2, 0) is 16.1 Å². The van der Waals surface area contributed by atoms with Crippen molar-refractivity contribution in [2.45, 2.75) is 83.3 Å². The first-order chi connectivity index (χ1) is 12.2. The Labute approximate surface area is 153 Å². The number of benzene rings is 1. The highest BCUT2D eigenvalue weighted by atomic mass is 19.3. The minimum Gasteiger partial charge on any atom is -0.444 e. The summed E-state index contributed by atoms with van der Waals surface area (Å²) in [5, 5.41) is 0. The first-order valence-corrected chi connectivity index (χ1v) is 9.23. The van der Waals surface area contributed by atoms with Gasteiger partial charge < -0.3 is 14.4 Å². The SMILES string of the molecule is CC(C)(C)OC(=O)N1[C@@H]2CC[C@H]1C[C@@H](OCc1ccccc1C(F)F)C2. The second-order valence-electron chi connectivity index (χ2n) is 8.18. The van der Waals surface area contributed by atoms with Crippen molar-refractivity contribution in [1.82, 2.24) is 4.90 Å². The molecule has 26 heavy (non-hydrogen) atoms. The normalized spacial score (nSPS) is 25.6. The summed E-state index contributed by atoms with van der Waals surface area (Å²) in [4.78, 5) is 14.3. The van der Waals surface area contributed by atoms with Gasteiger partial charge in [0.05, 0.1) is 12.7 Å². The summed E-state index contributed by atoms with van der Waals surface area (Å²) in [6, 6.07) is 6.71. The summed E-state index contributed by atoms with van der Waals surface area (Å²) in [6.07, 6.45) is 0.567. The molecule has 1 aromatic carbocycles. The highest BCUT2D eigenvalue weighted by Gasteiger charge is 2.45. The van der Waals surface area contributed by atoms with Gasteiger partial charge in [-0.1, -0.05) is 24.3 Å². The van der Waals surface area contributed by atoms with Gasteiger partial charge in [0, 0.05) is 17.6 Å². The van der Waals surface area contributed by atoms with Gasteiger partial charge in [0.25, 0.3) is 6.43 Å². The van der Waals surface area contributed by atoms with Gasteiger partial charge in [0.2, 0.25) is 0 Å². The molecule has 2 heterocycles. The molecule has 1 aromatic rings. The van der Waals surface area contributed by atoms with Gasteiger partial charge in [0.15, 0.2) is 0 Å². The number of piperidine rings is 1. The second kappa shape index (κ2) is 7.51. The van der Waals surface area contributed by atoms with Crippen LogP contribution in [0, 0.1) is 0 Å². The van der Waals surface area contributed by atoms with Crippen molar-refractivity contribution in [3.8, 4) is 0 Å². The van der Waals surface area contributed by atoms with Crippen LogP contribution in [0.5, 0.6) is 0 Å². The monoisotopic (exact) mass is 367 g/mol. The lowest BCUT2D eigenvalue weighted by Gasteiger charge is -2.39. The van der Waals surface area contributed by atoms with E-state index in [9.17, 15) is 13.6 Å². The van der Waals surface area contributed by atoms with Crippen molar-refractivity contribution in [1.29, 1.82) is 0 Å². The van der Waals surface area contributed by atoms with Crippen molar-refractivity contribution in [3.63, 3.8) is 0 Å². The molecule has 144 valence electrons. The summed E-state index contributed by atoms with van der Waals surface area (Å²) < 4.78 is 37.7. The molecule has 0 N–H and O–H groups in total. The summed E-state index contributed by atoms with van der Waals surface area (Å²) in [5.41, 5.74) is 0.0501. The molecular formula is C20H27F2NO3. The van der Waals surface area contributed by atoms with Crippen molar-refractivity contribution >= 4 is 6.09 Å². The third kappa shape index (κ3) is 4.34. The minimum atomic E-state index is -2.50.